The number of nitrogens with one attached hydrogen (secondary N) is 1. The topological polar surface area (TPSA) is 67.9 Å². The molecule has 1 aliphatic rings. The van der Waals surface area contributed by atoms with Crippen LogP contribution in [-0.2, 0) is 4.74 Å². The first-order valence-electron chi connectivity index (χ1n) is 9.42. The lowest BCUT2D eigenvalue weighted by atomic mass is 9.98. The molecule has 28 heavy (non-hydrogen) atoms. The first-order valence-corrected chi connectivity index (χ1v) is 9.42. The number of amides is 2. The molecule has 1 atom stereocenters. The van der Waals surface area contributed by atoms with Crippen molar-refractivity contribution in [2.75, 3.05) is 18.4 Å². The van der Waals surface area contributed by atoms with Crippen molar-refractivity contribution in [3.8, 4) is 5.75 Å². The van der Waals surface area contributed by atoms with Crippen molar-refractivity contribution >= 4 is 17.9 Å². The third kappa shape index (κ3) is 5.49. The summed E-state index contributed by atoms with van der Waals surface area (Å²) in [5.74, 6) is 0.752. The fraction of sp³-hybridized carbons (Fsp3) is 0.364. The largest absolute Gasteiger partial charge is 0.444 e. The molecule has 1 aliphatic heterocycles. The van der Waals surface area contributed by atoms with Gasteiger partial charge in [0.15, 0.2) is 0 Å². The number of para-hydroxylation sites is 1. The summed E-state index contributed by atoms with van der Waals surface area (Å²) in [6.07, 6.45) is 0.0927. The van der Waals surface area contributed by atoms with Crippen LogP contribution in [0, 0.1) is 0 Å². The van der Waals surface area contributed by atoms with Crippen molar-refractivity contribution in [3.63, 3.8) is 0 Å². The van der Waals surface area contributed by atoms with Crippen LogP contribution in [0.25, 0.3) is 0 Å². The summed E-state index contributed by atoms with van der Waals surface area (Å²) in [5.41, 5.74) is 1.30. The molecule has 1 N–H and O–H groups in total. The summed E-state index contributed by atoms with van der Waals surface area (Å²) in [5, 5.41) is 2.72. The Bertz CT molecular complexity index is 813. The van der Waals surface area contributed by atoms with Gasteiger partial charge in [0.1, 0.15) is 11.4 Å². The van der Waals surface area contributed by atoms with Crippen LogP contribution in [0.1, 0.15) is 38.7 Å². The minimum absolute atomic E-state index is 0.262. The first-order chi connectivity index (χ1) is 13.3. The lowest BCUT2D eigenvalue weighted by molar-refractivity contribution is 0.0292. The minimum atomic E-state index is -0.532. The van der Waals surface area contributed by atoms with Crippen LogP contribution >= 0.6 is 0 Å². The fourth-order valence-corrected chi connectivity index (χ4v) is 3.10. The highest BCUT2D eigenvalue weighted by Crippen LogP contribution is 2.29. The molecule has 2 aromatic carbocycles. The number of hydrogen-bond donors (Lipinski definition) is 1. The SMILES string of the molecule is CC(C)(C)OC(=O)N1CC[C@@H](c2ccc(NC(=O)Oc3ccccc3)cc2)C1. The average molecular weight is 382 g/mol. The van der Waals surface area contributed by atoms with Crippen molar-refractivity contribution in [2.45, 2.75) is 38.7 Å². The smallest absolute Gasteiger partial charge is 0.417 e. The van der Waals surface area contributed by atoms with Gasteiger partial charge in [0.05, 0.1) is 0 Å². The van der Waals surface area contributed by atoms with Crippen molar-refractivity contribution < 1.29 is 19.1 Å². The molecule has 2 aromatic rings. The maximum Gasteiger partial charge on any atom is 0.417 e. The van der Waals surface area contributed by atoms with Crippen LogP contribution in [-0.4, -0.2) is 35.8 Å². The highest BCUT2D eigenvalue weighted by molar-refractivity contribution is 5.86. The van der Waals surface area contributed by atoms with Crippen molar-refractivity contribution in [1.29, 1.82) is 0 Å². The molecular formula is C22H26N2O4. The van der Waals surface area contributed by atoms with Gasteiger partial charge < -0.3 is 14.4 Å². The second-order valence-electron chi connectivity index (χ2n) is 7.86. The molecule has 1 fully saturated rings. The number of hydrogen-bond acceptors (Lipinski definition) is 4. The highest BCUT2D eigenvalue weighted by Gasteiger charge is 2.30. The standard InChI is InChI=1S/C22H26N2O4/c1-22(2,3)28-21(26)24-14-13-17(15-24)16-9-11-18(12-10-16)23-20(25)27-19-7-5-4-6-8-19/h4-12,17H,13-15H2,1-3H3,(H,23,25)/t17-/m1/s1. The summed E-state index contributed by atoms with van der Waals surface area (Å²) in [4.78, 5) is 25.9. The van der Waals surface area contributed by atoms with Crippen LogP contribution in [0.15, 0.2) is 54.6 Å². The van der Waals surface area contributed by atoms with E-state index in [-0.39, 0.29) is 12.0 Å². The predicted octanol–water partition coefficient (Wildman–Crippen LogP) is 5.02. The van der Waals surface area contributed by atoms with Crippen molar-refractivity contribution in [1.82, 2.24) is 4.90 Å². The predicted molar refractivity (Wildman–Crippen MR) is 108 cm³/mol. The highest BCUT2D eigenvalue weighted by atomic mass is 16.6. The van der Waals surface area contributed by atoms with E-state index < -0.39 is 11.7 Å². The summed E-state index contributed by atoms with van der Waals surface area (Å²) in [6.45, 7) is 6.92. The van der Waals surface area contributed by atoms with E-state index in [1.165, 1.54) is 0 Å². The quantitative estimate of drug-likeness (QED) is 0.809. The zero-order chi connectivity index (χ0) is 20.1. The number of benzene rings is 2. The van der Waals surface area contributed by atoms with Gasteiger partial charge in [-0.1, -0.05) is 30.3 Å². The summed E-state index contributed by atoms with van der Waals surface area (Å²) >= 11 is 0. The first kappa shape index (κ1) is 19.7. The third-order valence-corrected chi connectivity index (χ3v) is 4.42. The van der Waals surface area contributed by atoms with Gasteiger partial charge in [-0.15, -0.1) is 0 Å². The van der Waals surface area contributed by atoms with E-state index >= 15 is 0 Å². The Morgan fingerprint density at radius 1 is 1.04 bits per heavy atom. The van der Waals surface area contributed by atoms with Gasteiger partial charge in [0.2, 0.25) is 0 Å². The Hall–Kier alpha value is -3.02. The molecule has 0 unspecified atom stereocenters. The number of anilines is 1. The van der Waals surface area contributed by atoms with Crippen LogP contribution in [0.2, 0.25) is 0 Å². The van der Waals surface area contributed by atoms with E-state index in [4.69, 9.17) is 9.47 Å². The molecule has 148 valence electrons. The lowest BCUT2D eigenvalue weighted by Gasteiger charge is -2.24. The zero-order valence-corrected chi connectivity index (χ0v) is 16.5. The van der Waals surface area contributed by atoms with Crippen molar-refractivity contribution in [2.24, 2.45) is 0 Å². The van der Waals surface area contributed by atoms with Crippen molar-refractivity contribution in [3.05, 3.63) is 60.2 Å². The van der Waals surface area contributed by atoms with Crippen LogP contribution < -0.4 is 10.1 Å². The number of carbonyl (C=O) groups excluding carboxylic acids is 2. The maximum absolute atomic E-state index is 12.2. The van der Waals surface area contributed by atoms with Gasteiger partial charge in [-0.3, -0.25) is 5.32 Å². The van der Waals surface area contributed by atoms with Crippen LogP contribution in [0.3, 0.4) is 0 Å². The van der Waals surface area contributed by atoms with E-state index in [0.717, 1.165) is 12.0 Å². The summed E-state index contributed by atoms with van der Waals surface area (Å²) in [7, 11) is 0. The van der Waals surface area contributed by atoms with Gasteiger partial charge in [-0.2, -0.15) is 0 Å². The molecule has 0 bridgehead atoms. The van der Waals surface area contributed by atoms with E-state index in [1.807, 2.05) is 51.1 Å². The average Bonchev–Trinajstić information content (AvgIpc) is 3.12. The Morgan fingerprint density at radius 2 is 1.71 bits per heavy atom. The van der Waals surface area contributed by atoms with Gasteiger partial charge in [-0.25, -0.2) is 9.59 Å². The lowest BCUT2D eigenvalue weighted by Crippen LogP contribution is -2.35. The molecule has 2 amide bonds. The minimum Gasteiger partial charge on any atom is -0.444 e. The molecule has 6 heteroatoms. The number of rotatable bonds is 3. The van der Waals surface area contributed by atoms with E-state index in [2.05, 4.69) is 5.32 Å². The van der Waals surface area contributed by atoms with Crippen LogP contribution in [0.5, 0.6) is 5.75 Å². The summed E-state index contributed by atoms with van der Waals surface area (Å²) in [6, 6.07) is 16.5. The molecule has 0 spiro atoms. The Labute approximate surface area is 165 Å². The molecule has 0 aromatic heterocycles. The Balaban J connectivity index is 1.53. The third-order valence-electron chi connectivity index (χ3n) is 4.42. The number of carbonyl (C=O) groups is 2. The monoisotopic (exact) mass is 382 g/mol. The molecule has 0 aliphatic carbocycles. The molecule has 0 radical (unpaired) electrons. The van der Waals surface area contributed by atoms with E-state index in [1.54, 1.807) is 29.2 Å². The van der Waals surface area contributed by atoms with E-state index in [0.29, 0.717) is 24.5 Å². The Morgan fingerprint density at radius 3 is 2.36 bits per heavy atom. The number of likely N-dealkylation sites (tertiary alicyclic amines) is 1. The van der Waals surface area contributed by atoms with Gasteiger partial charge >= 0.3 is 12.2 Å². The fourth-order valence-electron chi connectivity index (χ4n) is 3.10. The normalized spacial score (nSPS) is 16.5. The number of nitrogens with zero attached hydrogens (tertiary/aromatic N) is 1. The molecule has 6 nitrogen and oxygen atoms in total. The van der Waals surface area contributed by atoms with Gasteiger partial charge in [0.25, 0.3) is 0 Å². The maximum atomic E-state index is 12.2. The van der Waals surface area contributed by atoms with Gasteiger partial charge in [0, 0.05) is 24.7 Å². The molecule has 3 rings (SSSR count). The summed E-state index contributed by atoms with van der Waals surface area (Å²) < 4.78 is 10.7. The van der Waals surface area contributed by atoms with Gasteiger partial charge in [-0.05, 0) is 57.0 Å². The van der Waals surface area contributed by atoms with E-state index in [9.17, 15) is 9.59 Å². The molecule has 1 heterocycles. The Kier molecular flexibility index (Phi) is 5.87. The molecular weight excluding hydrogens is 356 g/mol. The second-order valence-corrected chi connectivity index (χ2v) is 7.86. The second kappa shape index (κ2) is 8.33. The molecule has 1 saturated heterocycles. The molecule has 0 saturated carbocycles. The number of ether oxygens (including phenoxy) is 2. The zero-order valence-electron chi connectivity index (χ0n) is 16.5. The van der Waals surface area contributed by atoms with Crippen LogP contribution in [0.4, 0.5) is 15.3 Å².